The van der Waals surface area contributed by atoms with Gasteiger partial charge in [0.1, 0.15) is 5.75 Å². The van der Waals surface area contributed by atoms with Crippen LogP contribution >= 0.6 is 0 Å². The predicted octanol–water partition coefficient (Wildman–Crippen LogP) is 3.23. The average molecular weight is 220 g/mol. The van der Waals surface area contributed by atoms with Crippen molar-refractivity contribution < 1.29 is 9.84 Å². The molecular weight excluding hydrogens is 200 g/mol. The number of ether oxygens (including phenoxy) is 1. The molecule has 1 atom stereocenters. The molecule has 2 heteroatoms. The van der Waals surface area contributed by atoms with Crippen molar-refractivity contribution in [2.45, 2.75) is 51.7 Å². The molecule has 0 fully saturated rings. The van der Waals surface area contributed by atoms with Crippen molar-refractivity contribution in [3.63, 3.8) is 0 Å². The minimum atomic E-state index is -0.266. The standard InChI is InChI=1S/C14H20O2/c1-3-11(4-2)16-12-6-7-13-10(9-12)5-8-14(13)15/h6-7,9,11,14-15H,3-5,8H2,1-2H3/t14-/m1/s1. The van der Waals surface area contributed by atoms with Crippen LogP contribution in [0.1, 0.15) is 50.3 Å². The lowest BCUT2D eigenvalue weighted by atomic mass is 10.1. The van der Waals surface area contributed by atoms with Crippen LogP contribution in [-0.2, 0) is 6.42 Å². The second kappa shape index (κ2) is 4.88. The monoisotopic (exact) mass is 220 g/mol. The van der Waals surface area contributed by atoms with Gasteiger partial charge in [0.15, 0.2) is 0 Å². The average Bonchev–Trinajstić information content (AvgIpc) is 2.68. The summed E-state index contributed by atoms with van der Waals surface area (Å²) >= 11 is 0. The van der Waals surface area contributed by atoms with Gasteiger partial charge < -0.3 is 9.84 Å². The Morgan fingerprint density at radius 1 is 1.38 bits per heavy atom. The fourth-order valence-corrected chi connectivity index (χ4v) is 2.29. The zero-order valence-corrected chi connectivity index (χ0v) is 10.1. The van der Waals surface area contributed by atoms with Gasteiger partial charge in [-0.05, 0) is 48.9 Å². The van der Waals surface area contributed by atoms with E-state index in [0.29, 0.717) is 6.10 Å². The second-order valence-corrected chi connectivity index (χ2v) is 4.47. The highest BCUT2D eigenvalue weighted by molar-refractivity contribution is 5.39. The molecule has 0 aliphatic heterocycles. The lowest BCUT2D eigenvalue weighted by Crippen LogP contribution is -2.13. The van der Waals surface area contributed by atoms with Crippen molar-refractivity contribution in [3.8, 4) is 5.75 Å². The molecular formula is C14H20O2. The van der Waals surface area contributed by atoms with Gasteiger partial charge in [0, 0.05) is 0 Å². The molecule has 0 bridgehead atoms. The minimum absolute atomic E-state index is 0.266. The summed E-state index contributed by atoms with van der Waals surface area (Å²) in [4.78, 5) is 0. The molecule has 1 aliphatic rings. The first-order valence-corrected chi connectivity index (χ1v) is 6.22. The first-order valence-electron chi connectivity index (χ1n) is 6.22. The molecule has 0 saturated carbocycles. The normalized spacial score (nSPS) is 18.9. The maximum Gasteiger partial charge on any atom is 0.120 e. The summed E-state index contributed by atoms with van der Waals surface area (Å²) in [6, 6.07) is 6.07. The molecule has 0 aromatic heterocycles. The van der Waals surface area contributed by atoms with Crippen LogP contribution in [-0.4, -0.2) is 11.2 Å². The number of hydrogen-bond donors (Lipinski definition) is 1. The molecule has 16 heavy (non-hydrogen) atoms. The summed E-state index contributed by atoms with van der Waals surface area (Å²) in [5, 5.41) is 9.71. The molecule has 88 valence electrons. The smallest absolute Gasteiger partial charge is 0.120 e. The van der Waals surface area contributed by atoms with E-state index in [4.69, 9.17) is 4.74 Å². The molecule has 0 amide bonds. The van der Waals surface area contributed by atoms with Crippen molar-refractivity contribution in [1.82, 2.24) is 0 Å². The molecule has 2 nitrogen and oxygen atoms in total. The van der Waals surface area contributed by atoms with E-state index in [1.165, 1.54) is 5.56 Å². The maximum absolute atomic E-state index is 9.71. The summed E-state index contributed by atoms with van der Waals surface area (Å²) in [6.45, 7) is 4.29. The van der Waals surface area contributed by atoms with E-state index in [1.54, 1.807) is 0 Å². The Balaban J connectivity index is 2.13. The van der Waals surface area contributed by atoms with Crippen LogP contribution in [0.15, 0.2) is 18.2 Å². The van der Waals surface area contributed by atoms with Gasteiger partial charge in [0.05, 0.1) is 12.2 Å². The number of hydrogen-bond acceptors (Lipinski definition) is 2. The van der Waals surface area contributed by atoms with Gasteiger partial charge >= 0.3 is 0 Å². The zero-order chi connectivity index (χ0) is 11.5. The van der Waals surface area contributed by atoms with Gasteiger partial charge in [-0.2, -0.15) is 0 Å². The second-order valence-electron chi connectivity index (χ2n) is 4.47. The molecule has 2 rings (SSSR count). The highest BCUT2D eigenvalue weighted by Gasteiger charge is 2.20. The summed E-state index contributed by atoms with van der Waals surface area (Å²) in [5.74, 6) is 0.946. The van der Waals surface area contributed by atoms with Crippen molar-refractivity contribution in [2.24, 2.45) is 0 Å². The van der Waals surface area contributed by atoms with Crippen molar-refractivity contribution in [2.75, 3.05) is 0 Å². The number of aryl methyl sites for hydroxylation is 1. The van der Waals surface area contributed by atoms with Gasteiger partial charge in [-0.25, -0.2) is 0 Å². The van der Waals surface area contributed by atoms with Gasteiger partial charge in [-0.1, -0.05) is 19.9 Å². The molecule has 0 spiro atoms. The van der Waals surface area contributed by atoms with Crippen LogP contribution in [0.25, 0.3) is 0 Å². The van der Waals surface area contributed by atoms with E-state index in [1.807, 2.05) is 12.1 Å². The van der Waals surface area contributed by atoms with Crippen LogP contribution < -0.4 is 4.74 Å². The molecule has 1 aliphatic carbocycles. The predicted molar refractivity (Wildman–Crippen MR) is 64.7 cm³/mol. The van der Waals surface area contributed by atoms with Gasteiger partial charge in [0.25, 0.3) is 0 Å². The van der Waals surface area contributed by atoms with Crippen LogP contribution in [0.5, 0.6) is 5.75 Å². The quantitative estimate of drug-likeness (QED) is 0.844. The number of aliphatic hydroxyl groups is 1. The molecule has 0 heterocycles. The highest BCUT2D eigenvalue weighted by atomic mass is 16.5. The SMILES string of the molecule is CCC(CC)Oc1ccc2c(c1)CC[C@H]2O. The highest BCUT2D eigenvalue weighted by Crippen LogP contribution is 2.33. The van der Waals surface area contributed by atoms with Crippen molar-refractivity contribution in [3.05, 3.63) is 29.3 Å². The van der Waals surface area contributed by atoms with Crippen LogP contribution in [0.4, 0.5) is 0 Å². The van der Waals surface area contributed by atoms with Crippen LogP contribution in [0.3, 0.4) is 0 Å². The molecule has 0 unspecified atom stereocenters. The number of rotatable bonds is 4. The first-order chi connectivity index (χ1) is 7.74. The number of aliphatic hydroxyl groups excluding tert-OH is 1. The van der Waals surface area contributed by atoms with Gasteiger partial charge in [-0.15, -0.1) is 0 Å². The Hall–Kier alpha value is -1.02. The molecule has 1 aromatic rings. The van der Waals surface area contributed by atoms with E-state index < -0.39 is 0 Å². The molecule has 1 N–H and O–H groups in total. The largest absolute Gasteiger partial charge is 0.490 e. The third-order valence-corrected chi connectivity index (χ3v) is 3.37. The van der Waals surface area contributed by atoms with Crippen LogP contribution in [0.2, 0.25) is 0 Å². The summed E-state index contributed by atoms with van der Waals surface area (Å²) < 4.78 is 5.89. The Bertz CT molecular complexity index is 356. The zero-order valence-electron chi connectivity index (χ0n) is 10.1. The van der Waals surface area contributed by atoms with E-state index in [2.05, 4.69) is 19.9 Å². The Morgan fingerprint density at radius 3 is 2.81 bits per heavy atom. The van der Waals surface area contributed by atoms with E-state index >= 15 is 0 Å². The fraction of sp³-hybridized carbons (Fsp3) is 0.571. The lowest BCUT2D eigenvalue weighted by Gasteiger charge is -2.16. The summed E-state index contributed by atoms with van der Waals surface area (Å²) in [7, 11) is 0. The van der Waals surface area contributed by atoms with Crippen molar-refractivity contribution in [1.29, 1.82) is 0 Å². The van der Waals surface area contributed by atoms with E-state index in [0.717, 1.165) is 37.0 Å². The lowest BCUT2D eigenvalue weighted by molar-refractivity contribution is 0.179. The van der Waals surface area contributed by atoms with Gasteiger partial charge in [0.2, 0.25) is 0 Å². The van der Waals surface area contributed by atoms with E-state index in [9.17, 15) is 5.11 Å². The van der Waals surface area contributed by atoms with E-state index in [-0.39, 0.29) is 6.10 Å². The molecule has 1 aromatic carbocycles. The molecule has 0 radical (unpaired) electrons. The Morgan fingerprint density at radius 2 is 2.12 bits per heavy atom. The number of benzene rings is 1. The van der Waals surface area contributed by atoms with Gasteiger partial charge in [-0.3, -0.25) is 0 Å². The minimum Gasteiger partial charge on any atom is -0.490 e. The molecule has 0 saturated heterocycles. The fourth-order valence-electron chi connectivity index (χ4n) is 2.29. The first kappa shape index (κ1) is 11.5. The third kappa shape index (κ3) is 2.22. The number of fused-ring (bicyclic) bond motifs is 1. The maximum atomic E-state index is 9.71. The summed E-state index contributed by atoms with van der Waals surface area (Å²) in [6.07, 6.45) is 3.94. The Kier molecular flexibility index (Phi) is 3.49. The Labute approximate surface area is 97.3 Å². The van der Waals surface area contributed by atoms with Crippen molar-refractivity contribution >= 4 is 0 Å². The topological polar surface area (TPSA) is 29.5 Å². The third-order valence-electron chi connectivity index (χ3n) is 3.37. The summed E-state index contributed by atoms with van der Waals surface area (Å²) in [5.41, 5.74) is 2.33. The van der Waals surface area contributed by atoms with Crippen LogP contribution in [0, 0.1) is 0 Å².